The van der Waals surface area contributed by atoms with Crippen LogP contribution in [0.5, 0.6) is 0 Å². The molecule has 0 unspecified atom stereocenters. The molecule has 0 saturated heterocycles. The third kappa shape index (κ3) is 3.88. The van der Waals surface area contributed by atoms with Crippen LogP contribution in [0, 0.1) is 0 Å². The number of furan rings is 1. The van der Waals surface area contributed by atoms with Crippen LogP contribution in [0.3, 0.4) is 0 Å². The van der Waals surface area contributed by atoms with Gasteiger partial charge in [-0.05, 0) is 35.4 Å². The van der Waals surface area contributed by atoms with Gasteiger partial charge >= 0.3 is 0 Å². The highest BCUT2D eigenvalue weighted by Crippen LogP contribution is 2.52. The van der Waals surface area contributed by atoms with Crippen molar-refractivity contribution in [1.29, 1.82) is 0 Å². The number of rotatable bonds is 5. The number of fused-ring (bicyclic) bond motifs is 5. The van der Waals surface area contributed by atoms with Gasteiger partial charge in [0.05, 0.1) is 11.4 Å². The van der Waals surface area contributed by atoms with Crippen molar-refractivity contribution in [3.8, 4) is 22.3 Å². The summed E-state index contributed by atoms with van der Waals surface area (Å²) in [6, 6.07) is 57.8. The highest BCUT2D eigenvalue weighted by Gasteiger charge is 2.27. The molecule has 2 heteroatoms. The lowest BCUT2D eigenvalue weighted by atomic mass is 9.91. The summed E-state index contributed by atoms with van der Waals surface area (Å²) in [6.45, 7) is 0. The monoisotopic (exact) mass is 537 g/mol. The largest absolute Gasteiger partial charge is 0.455 e. The van der Waals surface area contributed by atoms with Crippen LogP contribution in [-0.4, -0.2) is 0 Å². The minimum Gasteiger partial charge on any atom is -0.455 e. The molecule has 2 nitrogen and oxygen atoms in total. The first-order chi connectivity index (χ1) is 20.9. The molecule has 0 bridgehead atoms. The van der Waals surface area contributed by atoms with E-state index >= 15 is 0 Å². The SMILES string of the molecule is c1ccc(-c2ccccc2N(c2ccccc2)c2c(-c3ccccc3)c3c4ccccc4oc3c3ccccc23)cc1. The maximum absolute atomic E-state index is 6.65. The van der Waals surface area contributed by atoms with Crippen LogP contribution in [-0.2, 0) is 0 Å². The Balaban J connectivity index is 1.60. The van der Waals surface area contributed by atoms with Gasteiger partial charge in [0, 0.05) is 38.4 Å². The number of hydrogen-bond acceptors (Lipinski definition) is 2. The third-order valence-electron chi connectivity index (χ3n) is 8.04. The molecule has 198 valence electrons. The van der Waals surface area contributed by atoms with E-state index < -0.39 is 0 Å². The predicted octanol–water partition coefficient (Wildman–Crippen LogP) is 11.5. The first-order valence-electron chi connectivity index (χ1n) is 14.3. The molecular formula is C40H27NO. The average Bonchev–Trinajstić information content (AvgIpc) is 3.46. The molecule has 0 fully saturated rings. The van der Waals surface area contributed by atoms with Crippen LogP contribution in [0.25, 0.3) is 55.0 Å². The van der Waals surface area contributed by atoms with Gasteiger partial charge in [-0.25, -0.2) is 0 Å². The van der Waals surface area contributed by atoms with Gasteiger partial charge in [0.15, 0.2) is 0 Å². The highest BCUT2D eigenvalue weighted by molar-refractivity contribution is 6.27. The first kappa shape index (κ1) is 24.2. The predicted molar refractivity (Wildman–Crippen MR) is 177 cm³/mol. The molecule has 0 amide bonds. The van der Waals surface area contributed by atoms with Gasteiger partial charge in [-0.15, -0.1) is 0 Å². The molecule has 0 saturated carbocycles. The quantitative estimate of drug-likeness (QED) is 0.217. The van der Waals surface area contributed by atoms with E-state index in [1.54, 1.807) is 0 Å². The molecule has 7 aromatic carbocycles. The summed E-state index contributed by atoms with van der Waals surface area (Å²) in [5, 5.41) is 4.47. The Morgan fingerprint density at radius 2 is 0.976 bits per heavy atom. The van der Waals surface area contributed by atoms with E-state index in [1.807, 2.05) is 6.07 Å². The normalized spacial score (nSPS) is 11.3. The molecule has 1 aromatic heterocycles. The van der Waals surface area contributed by atoms with Crippen LogP contribution in [0.4, 0.5) is 17.1 Å². The van der Waals surface area contributed by atoms with Gasteiger partial charge in [-0.2, -0.15) is 0 Å². The van der Waals surface area contributed by atoms with Crippen LogP contribution in [0.1, 0.15) is 0 Å². The molecule has 0 aliphatic heterocycles. The maximum Gasteiger partial charge on any atom is 0.144 e. The standard InChI is InChI=1S/C40H27NO/c1-4-16-28(17-5-1)31-22-12-14-26-35(31)41(30-20-8-3-9-21-30)39-32-23-10-11-24-33(32)40-38(34-25-13-15-27-36(34)42-40)37(39)29-18-6-2-7-19-29/h1-27H. The zero-order valence-corrected chi connectivity index (χ0v) is 22.9. The smallest absolute Gasteiger partial charge is 0.144 e. The van der Waals surface area contributed by atoms with Crippen molar-refractivity contribution in [2.75, 3.05) is 4.90 Å². The van der Waals surface area contributed by atoms with Crippen LogP contribution < -0.4 is 4.90 Å². The Kier molecular flexibility index (Phi) is 5.82. The van der Waals surface area contributed by atoms with Crippen LogP contribution in [0.2, 0.25) is 0 Å². The number of para-hydroxylation sites is 3. The zero-order valence-electron chi connectivity index (χ0n) is 22.9. The minimum absolute atomic E-state index is 0.892. The van der Waals surface area contributed by atoms with E-state index in [2.05, 4.69) is 163 Å². The van der Waals surface area contributed by atoms with E-state index in [0.717, 1.165) is 60.9 Å². The summed E-state index contributed by atoms with van der Waals surface area (Å²) in [5.74, 6) is 0. The zero-order chi connectivity index (χ0) is 27.9. The van der Waals surface area contributed by atoms with Crippen molar-refractivity contribution in [3.05, 3.63) is 164 Å². The van der Waals surface area contributed by atoms with E-state index in [-0.39, 0.29) is 0 Å². The van der Waals surface area contributed by atoms with Crippen molar-refractivity contribution in [1.82, 2.24) is 0 Å². The van der Waals surface area contributed by atoms with E-state index in [4.69, 9.17) is 4.42 Å². The van der Waals surface area contributed by atoms with Crippen molar-refractivity contribution in [2.45, 2.75) is 0 Å². The first-order valence-corrected chi connectivity index (χ1v) is 14.3. The molecule has 0 N–H and O–H groups in total. The van der Waals surface area contributed by atoms with Crippen molar-refractivity contribution in [3.63, 3.8) is 0 Å². The second kappa shape index (κ2) is 10.1. The summed E-state index contributed by atoms with van der Waals surface area (Å²) in [7, 11) is 0. The lowest BCUT2D eigenvalue weighted by Crippen LogP contribution is -2.13. The lowest BCUT2D eigenvalue weighted by Gasteiger charge is -2.31. The summed E-state index contributed by atoms with van der Waals surface area (Å²) >= 11 is 0. The molecule has 8 rings (SSSR count). The molecule has 8 aromatic rings. The number of hydrogen-bond donors (Lipinski definition) is 0. The Bertz CT molecular complexity index is 2180. The fraction of sp³-hybridized carbons (Fsp3) is 0. The van der Waals surface area contributed by atoms with Gasteiger partial charge in [-0.1, -0.05) is 140 Å². The lowest BCUT2D eigenvalue weighted by molar-refractivity contribution is 0.673. The number of nitrogens with zero attached hydrogens (tertiary/aromatic N) is 1. The molecule has 0 aliphatic rings. The van der Waals surface area contributed by atoms with Crippen molar-refractivity contribution < 1.29 is 4.42 Å². The Morgan fingerprint density at radius 1 is 0.429 bits per heavy atom. The van der Waals surface area contributed by atoms with E-state index in [1.165, 1.54) is 11.1 Å². The third-order valence-corrected chi connectivity index (χ3v) is 8.04. The molecule has 0 aliphatic carbocycles. The van der Waals surface area contributed by atoms with E-state index in [0.29, 0.717) is 0 Å². The number of anilines is 3. The second-order valence-corrected chi connectivity index (χ2v) is 10.5. The van der Waals surface area contributed by atoms with E-state index in [9.17, 15) is 0 Å². The summed E-state index contributed by atoms with van der Waals surface area (Å²) in [6.07, 6.45) is 0. The molecule has 0 radical (unpaired) electrons. The average molecular weight is 538 g/mol. The molecular weight excluding hydrogens is 510 g/mol. The molecule has 1 heterocycles. The van der Waals surface area contributed by atoms with Gasteiger partial charge in [0.2, 0.25) is 0 Å². The van der Waals surface area contributed by atoms with Crippen LogP contribution >= 0.6 is 0 Å². The minimum atomic E-state index is 0.892. The molecule has 42 heavy (non-hydrogen) atoms. The van der Waals surface area contributed by atoms with Gasteiger partial charge < -0.3 is 9.32 Å². The van der Waals surface area contributed by atoms with Crippen molar-refractivity contribution >= 4 is 49.8 Å². The summed E-state index contributed by atoms with van der Waals surface area (Å²) < 4.78 is 6.65. The van der Waals surface area contributed by atoms with Crippen molar-refractivity contribution in [2.24, 2.45) is 0 Å². The Labute approximate surface area is 244 Å². The fourth-order valence-electron chi connectivity index (χ4n) is 6.24. The second-order valence-electron chi connectivity index (χ2n) is 10.5. The fourth-order valence-corrected chi connectivity index (χ4v) is 6.24. The number of benzene rings is 7. The molecule has 0 spiro atoms. The van der Waals surface area contributed by atoms with Gasteiger partial charge in [-0.3, -0.25) is 0 Å². The maximum atomic E-state index is 6.65. The topological polar surface area (TPSA) is 16.4 Å². The van der Waals surface area contributed by atoms with Gasteiger partial charge in [0.25, 0.3) is 0 Å². The molecule has 0 atom stereocenters. The highest BCUT2D eigenvalue weighted by atomic mass is 16.3. The summed E-state index contributed by atoms with van der Waals surface area (Å²) in [5.41, 5.74) is 9.79. The van der Waals surface area contributed by atoms with Crippen LogP contribution in [0.15, 0.2) is 168 Å². The summed E-state index contributed by atoms with van der Waals surface area (Å²) in [4.78, 5) is 2.44. The Hall–Kier alpha value is -5.60. The van der Waals surface area contributed by atoms with Gasteiger partial charge in [0.1, 0.15) is 11.2 Å². The Morgan fingerprint density at radius 3 is 1.71 bits per heavy atom.